The summed E-state index contributed by atoms with van der Waals surface area (Å²) in [7, 11) is 21.4. The zero-order valence-electron chi connectivity index (χ0n) is 22.2. The molecule has 19 heteroatoms. The van der Waals surface area contributed by atoms with E-state index in [0.29, 0.717) is 0 Å². The van der Waals surface area contributed by atoms with Crippen LogP contribution in [-0.2, 0) is 0 Å². The first-order chi connectivity index (χ1) is 19.7. The monoisotopic (exact) mass is 1170 g/mol. The summed E-state index contributed by atoms with van der Waals surface area (Å²) in [5.74, 6) is 22.1. The van der Waals surface area contributed by atoms with Gasteiger partial charge in [-0.15, -0.1) is 0 Å². The predicted molar refractivity (Wildman–Crippen MR) is 238 cm³/mol. The zero-order chi connectivity index (χ0) is 27.8. The molecule has 7 rings (SSSR count). The van der Waals surface area contributed by atoms with Crippen molar-refractivity contribution in [3.63, 3.8) is 0 Å². The first kappa shape index (κ1) is 40.8. The maximum atomic E-state index is 3.84. The molecule has 0 amide bonds. The zero-order valence-corrected chi connectivity index (χ0v) is 43.0. The Balaban J connectivity index is 0.000000135. The molecule has 0 atom stereocenters. The van der Waals surface area contributed by atoms with E-state index in [2.05, 4.69) is 164 Å². The van der Waals surface area contributed by atoms with Crippen LogP contribution in [0.1, 0.15) is 0 Å². The van der Waals surface area contributed by atoms with Crippen LogP contribution >= 0.6 is 164 Å². The Bertz CT molecular complexity index is 573. The molecular weight excluding hydrogens is 1130 g/mol. The molecule has 7 saturated heterocycles. The maximum Gasteiger partial charge on any atom is -0.000932 e. The Morgan fingerprint density at radius 2 is 0.750 bits per heavy atom. The molecule has 0 unspecified atom stereocenters. The number of rotatable bonds is 11. The van der Waals surface area contributed by atoms with Crippen LogP contribution in [0.15, 0.2) is 0 Å². The average Bonchev–Trinajstić information content (AvgIpc) is 3.55. The second kappa shape index (κ2) is 25.9. The molecule has 0 aromatic rings. The van der Waals surface area contributed by atoms with E-state index in [9.17, 15) is 0 Å². The van der Waals surface area contributed by atoms with Gasteiger partial charge in [-0.05, 0) is 11.5 Å². The van der Waals surface area contributed by atoms with Gasteiger partial charge in [-0.2, -0.15) is 25.3 Å². The van der Waals surface area contributed by atoms with Gasteiger partial charge in [-0.25, -0.2) is 0 Å². The van der Waals surface area contributed by atoms with E-state index >= 15 is 0 Å². The van der Waals surface area contributed by atoms with Gasteiger partial charge >= 0.3 is 293 Å². The van der Waals surface area contributed by atoms with Crippen LogP contribution in [0.4, 0.5) is 0 Å². The van der Waals surface area contributed by atoms with Crippen LogP contribution in [0.2, 0.25) is 0 Å². The van der Waals surface area contributed by atoms with E-state index in [4.69, 9.17) is 0 Å². The first-order valence-corrected chi connectivity index (χ1v) is 56.2. The maximum absolute atomic E-state index is 3.84. The summed E-state index contributed by atoms with van der Waals surface area (Å²) in [6.45, 7) is 0. The second-order valence-electron chi connectivity index (χ2n) is 8.78. The summed E-state index contributed by atoms with van der Waals surface area (Å²) in [5, 5.41) is 5.30. The fourth-order valence-corrected chi connectivity index (χ4v) is 105. The minimum Gasteiger partial charge on any atom is -0.179 e. The quantitative estimate of drug-likeness (QED) is 0.150. The van der Waals surface area contributed by atoms with Gasteiger partial charge < -0.3 is 0 Å². The van der Waals surface area contributed by atoms with Crippen molar-refractivity contribution < 1.29 is 0 Å². The topological polar surface area (TPSA) is 0 Å². The second-order valence-corrected chi connectivity index (χ2v) is 79.8. The van der Waals surface area contributed by atoms with Gasteiger partial charge in [0.1, 0.15) is 0 Å². The molecule has 234 valence electrons. The van der Waals surface area contributed by atoms with Crippen LogP contribution in [-0.4, -0.2) is 166 Å². The molecule has 0 aliphatic carbocycles. The summed E-state index contributed by atoms with van der Waals surface area (Å²) < 4.78 is 0. The molecule has 7 aliphatic heterocycles. The number of thioether (sulfide) groups is 5. The Labute approximate surface area is 323 Å². The van der Waals surface area contributed by atoms with Gasteiger partial charge in [0.25, 0.3) is 0 Å². The minimum atomic E-state index is -1.05. The van der Waals surface area contributed by atoms with Crippen molar-refractivity contribution >= 4 is 212 Å². The van der Waals surface area contributed by atoms with Crippen molar-refractivity contribution in [2.45, 2.75) is 26.2 Å². The van der Waals surface area contributed by atoms with Crippen molar-refractivity contribution in [1.82, 2.24) is 0 Å². The molecule has 0 spiro atoms. The Morgan fingerprint density at radius 3 is 0.950 bits per heavy atom. The molecule has 0 nitrogen and oxygen atoms in total. The van der Waals surface area contributed by atoms with Gasteiger partial charge in [0.15, 0.2) is 0 Å². The van der Waals surface area contributed by atoms with Gasteiger partial charge in [-0.1, -0.05) is 0 Å². The van der Waals surface area contributed by atoms with Crippen LogP contribution in [0, 0.1) is 0 Å². The molecular formula is C21H39S16Sb3. The van der Waals surface area contributed by atoms with E-state index in [1.54, 1.807) is 0 Å². The molecule has 0 aromatic carbocycles. The van der Waals surface area contributed by atoms with Gasteiger partial charge in [-0.3, -0.25) is 0 Å². The molecule has 40 heavy (non-hydrogen) atoms. The third-order valence-corrected chi connectivity index (χ3v) is 89.4. The molecule has 0 bridgehead atoms. The molecule has 7 fully saturated rings. The summed E-state index contributed by atoms with van der Waals surface area (Å²) in [5.41, 5.74) is 0. The Hall–Kier alpha value is 8.05. The molecule has 0 aromatic heterocycles. The van der Waals surface area contributed by atoms with Crippen LogP contribution < -0.4 is 0 Å². The normalized spacial score (nSPS) is 26.2. The van der Waals surface area contributed by atoms with E-state index in [-0.39, 0.29) is 0 Å². The minimum absolute atomic E-state index is 0.768. The molecule has 0 radical (unpaired) electrons. The van der Waals surface area contributed by atoms with Crippen molar-refractivity contribution in [2.24, 2.45) is 0 Å². The molecule has 7 heterocycles. The Kier molecular flexibility index (Phi) is 26.4. The predicted octanol–water partition coefficient (Wildman–Crippen LogP) is 8.96. The molecule has 0 N–H and O–H groups in total. The van der Waals surface area contributed by atoms with Crippen molar-refractivity contribution in [3.8, 4) is 0 Å². The third kappa shape index (κ3) is 17.5. The molecule has 0 saturated carbocycles. The molecule has 7 aliphatic rings. The number of hydrogen-bond acceptors (Lipinski definition) is 16. The van der Waals surface area contributed by atoms with Gasteiger partial charge in [0, 0.05) is 0 Å². The van der Waals surface area contributed by atoms with Crippen molar-refractivity contribution in [1.29, 1.82) is 0 Å². The summed E-state index contributed by atoms with van der Waals surface area (Å²) in [6, 6.07) is 0. The summed E-state index contributed by atoms with van der Waals surface area (Å²) in [6.07, 6.45) is 0. The number of thiol groups is 2. The Morgan fingerprint density at radius 1 is 0.475 bits per heavy atom. The van der Waals surface area contributed by atoms with E-state index in [1.165, 1.54) is 80.5 Å². The van der Waals surface area contributed by atoms with Crippen molar-refractivity contribution in [2.75, 3.05) is 92.0 Å². The average molecular weight is 1170 g/mol. The fourth-order valence-electron chi connectivity index (χ4n) is 2.70. The van der Waals surface area contributed by atoms with Crippen LogP contribution in [0.5, 0.6) is 0 Å². The fraction of sp³-hybridized carbons (Fsp3) is 1.00. The van der Waals surface area contributed by atoms with Gasteiger partial charge in [0.2, 0.25) is 0 Å². The SMILES string of the molecule is C1C[S][Sb]([S]C2CSC2)[S]1.C1C[S][Sb]([S]C2CSC2)[S]1.C1SCC1[S][Sb]([S]C1CSC1)[S]C1CSC1.SCCS. The van der Waals surface area contributed by atoms with Gasteiger partial charge in [0.05, 0.1) is 0 Å². The third-order valence-electron chi connectivity index (χ3n) is 5.27. The van der Waals surface area contributed by atoms with Crippen LogP contribution in [0.3, 0.4) is 0 Å². The number of hydrogen-bond donors (Lipinski definition) is 2. The van der Waals surface area contributed by atoms with E-state index in [0.717, 1.165) is 37.8 Å². The standard InChI is InChI=1S/5C3H6S2.3C2H6S2.3Sb/c5*4-3-1-5-2-3;3*3-1-2-4;;;/h5*3-4H,1-2H2;3*3-4H,1-2H2;;;/q;;;;;;;;3*+3/p-9. The largest absolute Gasteiger partial charge is 0.179 e. The van der Waals surface area contributed by atoms with E-state index in [1.807, 2.05) is 0 Å². The first-order valence-electron chi connectivity index (χ1n) is 13.1. The summed E-state index contributed by atoms with van der Waals surface area (Å²) >= 11 is 15.8. The van der Waals surface area contributed by atoms with Crippen LogP contribution in [0.25, 0.3) is 0 Å². The summed E-state index contributed by atoms with van der Waals surface area (Å²) in [4.78, 5) is 0. The van der Waals surface area contributed by atoms with E-state index < -0.39 is 48.0 Å². The smallest absolute Gasteiger partial charge is 0.000932 e. The van der Waals surface area contributed by atoms with Crippen molar-refractivity contribution in [3.05, 3.63) is 0 Å².